The second-order valence-electron chi connectivity index (χ2n) is 9.80. The number of carboxylic acids is 1. The smallest absolute Gasteiger partial charge is 0.352 e. The van der Waals surface area contributed by atoms with Crippen molar-refractivity contribution < 1.29 is 14.6 Å². The first-order valence-corrected chi connectivity index (χ1v) is 13.5. The number of aryl methyl sites for hydroxylation is 1. The van der Waals surface area contributed by atoms with E-state index in [0.29, 0.717) is 19.4 Å². The number of ether oxygens (including phenoxy) is 1. The van der Waals surface area contributed by atoms with Crippen molar-refractivity contribution in [2.45, 2.75) is 12.8 Å². The summed E-state index contributed by atoms with van der Waals surface area (Å²) in [5.41, 5.74) is 6.27. The number of carboxylic acid groups (broad SMARTS) is 1. The number of benzene rings is 5. The molecule has 4 nitrogen and oxygen atoms in total. The number of rotatable bonds is 9. The minimum absolute atomic E-state index is 0.244. The Balaban J connectivity index is 1.20. The fourth-order valence-corrected chi connectivity index (χ4v) is 5.23. The highest BCUT2D eigenvalue weighted by Gasteiger charge is 2.18. The van der Waals surface area contributed by atoms with Crippen molar-refractivity contribution in [1.29, 1.82) is 0 Å². The highest BCUT2D eigenvalue weighted by atomic mass is 16.5. The van der Waals surface area contributed by atoms with Crippen LogP contribution in [0.1, 0.15) is 33.6 Å². The Morgan fingerprint density at radius 1 is 0.725 bits per heavy atom. The van der Waals surface area contributed by atoms with E-state index in [9.17, 15) is 9.90 Å². The number of hydrogen-bond donors (Lipinski definition) is 2. The Morgan fingerprint density at radius 2 is 1.43 bits per heavy atom. The molecular weight excluding hydrogens is 494 g/mol. The second-order valence-corrected chi connectivity index (χ2v) is 9.80. The number of fused-ring (bicyclic) bond motifs is 2. The minimum atomic E-state index is -0.951. The molecule has 0 aliphatic rings. The average molecular weight is 524 g/mol. The molecule has 1 aromatic heterocycles. The van der Waals surface area contributed by atoms with Gasteiger partial charge in [0.25, 0.3) is 0 Å². The zero-order valence-electron chi connectivity index (χ0n) is 22.0. The fraction of sp³-hybridized carbons (Fsp3) is 0.0833. The minimum Gasteiger partial charge on any atom is -0.493 e. The lowest BCUT2D eigenvalue weighted by molar-refractivity contribution is 0.0690. The summed E-state index contributed by atoms with van der Waals surface area (Å²) >= 11 is 0. The number of aromatic amines is 1. The molecule has 0 spiro atoms. The number of aromatic nitrogens is 1. The lowest BCUT2D eigenvalue weighted by Gasteiger charge is -2.09. The summed E-state index contributed by atoms with van der Waals surface area (Å²) in [4.78, 5) is 15.3. The van der Waals surface area contributed by atoms with Crippen molar-refractivity contribution >= 4 is 39.8 Å². The van der Waals surface area contributed by atoms with Gasteiger partial charge in [-0.1, -0.05) is 121 Å². The van der Waals surface area contributed by atoms with Crippen LogP contribution in [0.4, 0.5) is 0 Å². The number of aromatic carboxylic acids is 1. The van der Waals surface area contributed by atoms with E-state index in [0.717, 1.165) is 44.1 Å². The van der Waals surface area contributed by atoms with Crippen molar-refractivity contribution in [2.75, 3.05) is 6.61 Å². The quantitative estimate of drug-likeness (QED) is 0.147. The fourth-order valence-electron chi connectivity index (χ4n) is 5.23. The lowest BCUT2D eigenvalue weighted by atomic mass is 10.0. The molecule has 6 aromatic rings. The van der Waals surface area contributed by atoms with Crippen molar-refractivity contribution in [3.8, 4) is 16.9 Å². The molecule has 0 atom stereocenters. The normalized spacial score (nSPS) is 11.4. The summed E-state index contributed by atoms with van der Waals surface area (Å²) in [5, 5.41) is 13.1. The van der Waals surface area contributed by atoms with Crippen molar-refractivity contribution in [3.05, 3.63) is 138 Å². The van der Waals surface area contributed by atoms with E-state index in [2.05, 4.69) is 65.7 Å². The zero-order chi connectivity index (χ0) is 27.3. The SMILES string of the molecule is O=C(O)c1[nH]c2c(C=Cc3ccc(-c4ccccc4)cc3)cccc2c1CCCOc1cccc2ccccc12. The zero-order valence-corrected chi connectivity index (χ0v) is 22.0. The third-order valence-corrected chi connectivity index (χ3v) is 7.24. The predicted molar refractivity (Wildman–Crippen MR) is 164 cm³/mol. The van der Waals surface area contributed by atoms with Gasteiger partial charge in [-0.2, -0.15) is 0 Å². The van der Waals surface area contributed by atoms with Crippen molar-refractivity contribution in [2.24, 2.45) is 0 Å². The molecule has 196 valence electrons. The molecule has 5 aromatic carbocycles. The number of carbonyl (C=O) groups is 1. The van der Waals surface area contributed by atoms with Crippen LogP contribution in [0.25, 0.3) is 45.0 Å². The Hall–Kier alpha value is -5.09. The Labute approximate surface area is 233 Å². The molecule has 0 aliphatic heterocycles. The highest BCUT2D eigenvalue weighted by Crippen LogP contribution is 2.29. The van der Waals surface area contributed by atoms with Crippen LogP contribution in [0.5, 0.6) is 5.75 Å². The molecule has 2 N–H and O–H groups in total. The first-order valence-electron chi connectivity index (χ1n) is 13.5. The van der Waals surface area contributed by atoms with Gasteiger partial charge < -0.3 is 14.8 Å². The average Bonchev–Trinajstić information content (AvgIpc) is 3.38. The van der Waals surface area contributed by atoms with Gasteiger partial charge in [-0.05, 0) is 52.1 Å². The van der Waals surface area contributed by atoms with Gasteiger partial charge in [0, 0.05) is 10.8 Å². The summed E-state index contributed by atoms with van der Waals surface area (Å²) in [6.45, 7) is 0.498. The van der Waals surface area contributed by atoms with Crippen LogP contribution in [0.2, 0.25) is 0 Å². The van der Waals surface area contributed by atoms with Gasteiger partial charge in [0.15, 0.2) is 0 Å². The summed E-state index contributed by atoms with van der Waals surface area (Å²) in [5.74, 6) is -0.104. The van der Waals surface area contributed by atoms with Gasteiger partial charge in [-0.3, -0.25) is 0 Å². The van der Waals surface area contributed by atoms with Gasteiger partial charge in [0.05, 0.1) is 12.1 Å². The molecule has 0 fully saturated rings. The molecule has 6 rings (SSSR count). The Morgan fingerprint density at radius 3 is 2.25 bits per heavy atom. The van der Waals surface area contributed by atoms with E-state index >= 15 is 0 Å². The Bertz CT molecular complexity index is 1810. The third kappa shape index (κ3) is 5.25. The van der Waals surface area contributed by atoms with Crippen LogP contribution in [-0.2, 0) is 6.42 Å². The maximum Gasteiger partial charge on any atom is 0.352 e. The van der Waals surface area contributed by atoms with Crippen LogP contribution in [0.15, 0.2) is 115 Å². The monoisotopic (exact) mass is 523 g/mol. The predicted octanol–water partition coefficient (Wildman–Crippen LogP) is 8.87. The summed E-state index contributed by atoms with van der Waals surface area (Å²) in [6.07, 6.45) is 5.39. The van der Waals surface area contributed by atoms with Crippen LogP contribution >= 0.6 is 0 Å². The van der Waals surface area contributed by atoms with E-state index in [4.69, 9.17) is 4.74 Å². The third-order valence-electron chi connectivity index (χ3n) is 7.24. The molecule has 0 radical (unpaired) electrons. The second kappa shape index (κ2) is 11.3. The van der Waals surface area contributed by atoms with E-state index in [1.54, 1.807) is 0 Å². The molecule has 0 amide bonds. The maximum absolute atomic E-state index is 12.2. The van der Waals surface area contributed by atoms with Crippen molar-refractivity contribution in [1.82, 2.24) is 4.98 Å². The number of nitrogens with one attached hydrogen (secondary N) is 1. The maximum atomic E-state index is 12.2. The Kier molecular flexibility index (Phi) is 7.14. The topological polar surface area (TPSA) is 62.3 Å². The molecular formula is C36H29NO3. The molecule has 4 heteroatoms. The van der Waals surface area contributed by atoms with Crippen molar-refractivity contribution in [3.63, 3.8) is 0 Å². The molecule has 40 heavy (non-hydrogen) atoms. The van der Waals surface area contributed by atoms with E-state index < -0.39 is 5.97 Å². The molecule has 0 saturated heterocycles. The van der Waals surface area contributed by atoms with Crippen LogP contribution in [0.3, 0.4) is 0 Å². The first kappa shape index (κ1) is 25.2. The number of H-pyrrole nitrogens is 1. The van der Waals surface area contributed by atoms with Gasteiger partial charge in [-0.15, -0.1) is 0 Å². The van der Waals surface area contributed by atoms with Crippen LogP contribution in [0, 0.1) is 0 Å². The standard InChI is InChI=1S/C36H29NO3/c38-36(39)35-32(16-8-24-40-33-17-7-12-28-11-4-5-14-30(28)33)31-15-6-13-29(34(31)37-35)23-20-25-18-21-27(22-19-25)26-9-2-1-3-10-26/h1-7,9-15,17-23,37H,8,16,24H2,(H,38,39). The van der Waals surface area contributed by atoms with E-state index in [-0.39, 0.29) is 5.69 Å². The molecule has 0 unspecified atom stereocenters. The van der Waals surface area contributed by atoms with E-state index in [1.165, 1.54) is 11.1 Å². The largest absolute Gasteiger partial charge is 0.493 e. The highest BCUT2D eigenvalue weighted by molar-refractivity contribution is 6.01. The van der Waals surface area contributed by atoms with Crippen LogP contribution in [-0.4, -0.2) is 22.7 Å². The van der Waals surface area contributed by atoms with Gasteiger partial charge >= 0.3 is 5.97 Å². The lowest BCUT2D eigenvalue weighted by Crippen LogP contribution is -2.04. The molecule has 1 heterocycles. The summed E-state index contributed by atoms with van der Waals surface area (Å²) in [6, 6.07) is 38.9. The number of hydrogen-bond acceptors (Lipinski definition) is 2. The summed E-state index contributed by atoms with van der Waals surface area (Å²) < 4.78 is 6.11. The van der Waals surface area contributed by atoms with Gasteiger partial charge in [0.2, 0.25) is 0 Å². The molecule has 0 saturated carbocycles. The molecule has 0 bridgehead atoms. The molecule has 0 aliphatic carbocycles. The van der Waals surface area contributed by atoms with Gasteiger partial charge in [-0.25, -0.2) is 4.79 Å². The number of para-hydroxylation sites is 1. The van der Waals surface area contributed by atoms with E-state index in [1.807, 2.05) is 66.7 Å². The van der Waals surface area contributed by atoms with Gasteiger partial charge in [0.1, 0.15) is 11.4 Å². The van der Waals surface area contributed by atoms with Crippen LogP contribution < -0.4 is 4.74 Å². The first-order chi connectivity index (χ1) is 19.7. The summed E-state index contributed by atoms with van der Waals surface area (Å²) in [7, 11) is 0.